The molecule has 3 heteroatoms. The average molecular weight is 225 g/mol. The number of hydrogen-bond acceptors (Lipinski definition) is 3. The molecule has 0 aliphatic rings. The van der Waals surface area contributed by atoms with Gasteiger partial charge >= 0.3 is 5.97 Å². The molecule has 0 rings (SSSR count). The molecule has 0 saturated heterocycles. The van der Waals surface area contributed by atoms with Gasteiger partial charge in [-0.3, -0.25) is 4.79 Å². The Morgan fingerprint density at radius 3 is 2.38 bits per heavy atom. The number of carbonyl (C=O) groups is 1. The summed E-state index contributed by atoms with van der Waals surface area (Å²) in [6, 6.07) is 2.19. The van der Waals surface area contributed by atoms with Gasteiger partial charge in [-0.05, 0) is 31.6 Å². The molecule has 3 nitrogen and oxygen atoms in total. The molecule has 0 N–H and O–H groups in total. The standard InChI is InChI=1S/C13H23NO2/c1-5-16-13(15)8-12(9-14)7-11(4)6-10(2)3/h10-12H,5-8H2,1-4H3/t11-,12-/m1/s1. The normalized spacial score (nSPS) is 14.2. The van der Waals surface area contributed by atoms with E-state index in [2.05, 4.69) is 26.8 Å². The Morgan fingerprint density at radius 2 is 1.94 bits per heavy atom. The zero-order valence-electron chi connectivity index (χ0n) is 10.8. The molecule has 0 bridgehead atoms. The predicted octanol–water partition coefficient (Wildman–Crippen LogP) is 3.15. The van der Waals surface area contributed by atoms with Crippen LogP contribution in [0.4, 0.5) is 0 Å². The summed E-state index contributed by atoms with van der Waals surface area (Å²) in [6.45, 7) is 8.64. The molecule has 16 heavy (non-hydrogen) atoms. The third-order valence-corrected chi connectivity index (χ3v) is 2.46. The molecular formula is C13H23NO2. The highest BCUT2D eigenvalue weighted by Crippen LogP contribution is 2.21. The maximum Gasteiger partial charge on any atom is 0.307 e. The van der Waals surface area contributed by atoms with Crippen LogP contribution < -0.4 is 0 Å². The lowest BCUT2D eigenvalue weighted by Gasteiger charge is -2.16. The lowest BCUT2D eigenvalue weighted by molar-refractivity contribution is -0.143. The highest BCUT2D eigenvalue weighted by molar-refractivity contribution is 5.70. The highest BCUT2D eigenvalue weighted by Gasteiger charge is 2.17. The number of carbonyl (C=O) groups excluding carboxylic acids is 1. The van der Waals surface area contributed by atoms with Crippen LogP contribution in [0.5, 0.6) is 0 Å². The first-order valence-electron chi connectivity index (χ1n) is 6.04. The van der Waals surface area contributed by atoms with E-state index in [9.17, 15) is 4.79 Å². The maximum absolute atomic E-state index is 11.2. The van der Waals surface area contributed by atoms with Gasteiger partial charge in [-0.1, -0.05) is 20.8 Å². The topological polar surface area (TPSA) is 50.1 Å². The summed E-state index contributed by atoms with van der Waals surface area (Å²) in [4.78, 5) is 11.2. The number of ether oxygens (including phenoxy) is 1. The van der Waals surface area contributed by atoms with Gasteiger partial charge in [-0.25, -0.2) is 0 Å². The highest BCUT2D eigenvalue weighted by atomic mass is 16.5. The summed E-state index contributed by atoms with van der Waals surface area (Å²) < 4.78 is 4.85. The molecule has 0 aliphatic carbocycles. The van der Waals surface area contributed by atoms with E-state index >= 15 is 0 Å². The second-order valence-electron chi connectivity index (χ2n) is 4.81. The fourth-order valence-electron chi connectivity index (χ4n) is 1.99. The van der Waals surface area contributed by atoms with E-state index in [1.807, 2.05) is 0 Å². The van der Waals surface area contributed by atoms with Crippen molar-refractivity contribution in [3.8, 4) is 6.07 Å². The van der Waals surface area contributed by atoms with Gasteiger partial charge in [0, 0.05) is 0 Å². The van der Waals surface area contributed by atoms with Crippen LogP contribution in [0.2, 0.25) is 0 Å². The number of nitrogens with zero attached hydrogens (tertiary/aromatic N) is 1. The van der Waals surface area contributed by atoms with Gasteiger partial charge in [0.2, 0.25) is 0 Å². The zero-order valence-corrected chi connectivity index (χ0v) is 10.8. The van der Waals surface area contributed by atoms with Crippen LogP contribution in [-0.2, 0) is 9.53 Å². The predicted molar refractivity (Wildman–Crippen MR) is 63.6 cm³/mol. The van der Waals surface area contributed by atoms with Gasteiger partial charge in [0.05, 0.1) is 25.0 Å². The number of nitriles is 1. The summed E-state index contributed by atoms with van der Waals surface area (Å²) in [7, 11) is 0. The van der Waals surface area contributed by atoms with E-state index in [1.54, 1.807) is 6.92 Å². The minimum atomic E-state index is -0.259. The first-order chi connectivity index (χ1) is 7.49. The Hall–Kier alpha value is -1.04. The average Bonchev–Trinajstić information content (AvgIpc) is 2.15. The largest absolute Gasteiger partial charge is 0.466 e. The minimum Gasteiger partial charge on any atom is -0.466 e. The van der Waals surface area contributed by atoms with Crippen LogP contribution in [-0.4, -0.2) is 12.6 Å². The van der Waals surface area contributed by atoms with Crippen molar-refractivity contribution in [2.45, 2.75) is 47.0 Å². The van der Waals surface area contributed by atoms with Gasteiger partial charge in [0.25, 0.3) is 0 Å². The zero-order chi connectivity index (χ0) is 12.6. The quantitative estimate of drug-likeness (QED) is 0.625. The number of hydrogen-bond donors (Lipinski definition) is 0. The Kier molecular flexibility index (Phi) is 7.62. The van der Waals surface area contributed by atoms with Gasteiger partial charge in [0.1, 0.15) is 0 Å². The van der Waals surface area contributed by atoms with Crippen molar-refractivity contribution in [2.24, 2.45) is 17.8 Å². The molecule has 0 aromatic rings. The maximum atomic E-state index is 11.2. The van der Waals surface area contributed by atoms with E-state index in [4.69, 9.17) is 10.00 Å². The molecule has 92 valence electrons. The van der Waals surface area contributed by atoms with Crippen molar-refractivity contribution < 1.29 is 9.53 Å². The van der Waals surface area contributed by atoms with Crippen LogP contribution in [0.15, 0.2) is 0 Å². The fraction of sp³-hybridized carbons (Fsp3) is 0.846. The first kappa shape index (κ1) is 15.0. The first-order valence-corrected chi connectivity index (χ1v) is 6.04. The molecule has 0 unspecified atom stereocenters. The molecule has 0 heterocycles. The van der Waals surface area contributed by atoms with Gasteiger partial charge < -0.3 is 4.74 Å². The van der Waals surface area contributed by atoms with Crippen LogP contribution in [0.1, 0.15) is 47.0 Å². The van der Waals surface area contributed by atoms with Gasteiger partial charge in [-0.15, -0.1) is 0 Å². The van der Waals surface area contributed by atoms with Crippen molar-refractivity contribution in [1.29, 1.82) is 5.26 Å². The van der Waals surface area contributed by atoms with Crippen molar-refractivity contribution in [2.75, 3.05) is 6.61 Å². The van der Waals surface area contributed by atoms with Crippen molar-refractivity contribution >= 4 is 5.97 Å². The monoisotopic (exact) mass is 225 g/mol. The van der Waals surface area contributed by atoms with Crippen LogP contribution in [0.25, 0.3) is 0 Å². The molecule has 0 aromatic carbocycles. The Morgan fingerprint density at radius 1 is 1.31 bits per heavy atom. The molecule has 0 amide bonds. The summed E-state index contributed by atoms with van der Waals surface area (Å²) in [6.07, 6.45) is 2.11. The van der Waals surface area contributed by atoms with Crippen LogP contribution >= 0.6 is 0 Å². The molecule has 0 aromatic heterocycles. The molecule has 0 saturated carbocycles. The molecule has 0 aliphatic heterocycles. The van der Waals surface area contributed by atoms with E-state index in [0.717, 1.165) is 12.8 Å². The molecule has 0 spiro atoms. The third kappa shape index (κ3) is 7.28. The smallest absolute Gasteiger partial charge is 0.307 e. The Balaban J connectivity index is 4.01. The number of rotatable bonds is 7. The summed E-state index contributed by atoms with van der Waals surface area (Å²) in [5.74, 6) is 0.662. The molecular weight excluding hydrogens is 202 g/mol. The van der Waals surface area contributed by atoms with Gasteiger partial charge in [0.15, 0.2) is 0 Å². The van der Waals surface area contributed by atoms with E-state index in [-0.39, 0.29) is 18.3 Å². The SMILES string of the molecule is CCOC(=O)C[C@H](C#N)C[C@H](C)CC(C)C. The van der Waals surface area contributed by atoms with Crippen molar-refractivity contribution in [3.63, 3.8) is 0 Å². The second-order valence-corrected chi connectivity index (χ2v) is 4.81. The molecule has 2 atom stereocenters. The Labute approximate surface area is 98.8 Å². The molecule has 0 radical (unpaired) electrons. The minimum absolute atomic E-state index is 0.201. The lowest BCUT2D eigenvalue weighted by Crippen LogP contribution is -2.13. The fourth-order valence-corrected chi connectivity index (χ4v) is 1.99. The summed E-state index contributed by atoms with van der Waals surface area (Å²) in [5, 5.41) is 8.97. The number of esters is 1. The van der Waals surface area contributed by atoms with Gasteiger partial charge in [-0.2, -0.15) is 5.26 Å². The van der Waals surface area contributed by atoms with E-state index in [0.29, 0.717) is 18.4 Å². The second kappa shape index (κ2) is 8.15. The van der Waals surface area contributed by atoms with Crippen LogP contribution in [0.3, 0.4) is 0 Å². The van der Waals surface area contributed by atoms with E-state index < -0.39 is 0 Å². The van der Waals surface area contributed by atoms with E-state index in [1.165, 1.54) is 0 Å². The summed E-state index contributed by atoms with van der Waals surface area (Å²) >= 11 is 0. The Bertz CT molecular complexity index is 243. The lowest BCUT2D eigenvalue weighted by atomic mass is 9.88. The molecule has 0 fully saturated rings. The summed E-state index contributed by atoms with van der Waals surface area (Å²) in [5.41, 5.74) is 0. The van der Waals surface area contributed by atoms with Crippen molar-refractivity contribution in [3.05, 3.63) is 0 Å². The van der Waals surface area contributed by atoms with Crippen molar-refractivity contribution in [1.82, 2.24) is 0 Å². The third-order valence-electron chi connectivity index (χ3n) is 2.46. The van der Waals surface area contributed by atoms with Crippen LogP contribution in [0, 0.1) is 29.1 Å².